The molecule has 1 fully saturated rings. The average Bonchev–Trinajstić information content (AvgIpc) is 3.52. The molecule has 1 saturated heterocycles. The Bertz CT molecular complexity index is 1330. The van der Waals surface area contributed by atoms with Gasteiger partial charge >= 0.3 is 0 Å². The van der Waals surface area contributed by atoms with Crippen LogP contribution < -0.4 is 20.9 Å². The van der Waals surface area contributed by atoms with Crippen LogP contribution in [0.1, 0.15) is 35.0 Å². The van der Waals surface area contributed by atoms with Crippen molar-refractivity contribution in [1.29, 1.82) is 0 Å². The van der Waals surface area contributed by atoms with Crippen molar-refractivity contribution in [2.45, 2.75) is 37.8 Å². The Morgan fingerprint density at radius 3 is 2.74 bits per heavy atom. The third-order valence-electron chi connectivity index (χ3n) is 7.28. The number of carbonyl (C=O) groups is 1. The molecule has 0 bridgehead atoms. The molecule has 4 N–H and O–H groups in total. The lowest BCUT2D eigenvalue weighted by atomic mass is 9.77. The van der Waals surface area contributed by atoms with Crippen molar-refractivity contribution >= 4 is 22.6 Å². The maximum Gasteiger partial charge on any atom is 0.243 e. The highest BCUT2D eigenvalue weighted by Gasteiger charge is 2.43. The normalized spacial score (nSPS) is 20.9. The van der Waals surface area contributed by atoms with Gasteiger partial charge in [0, 0.05) is 18.0 Å². The molecule has 3 aromatic carbocycles. The highest BCUT2D eigenvalue weighted by molar-refractivity contribution is 5.95. The molecule has 1 amide bonds. The number of aryl methyl sites for hydroxylation is 3. The summed E-state index contributed by atoms with van der Waals surface area (Å²) in [5, 5.41) is 3.10. The standard InChI is InChI=1S/C28H29N5O2/c1-35-20-12-14-21-18(16-20)9-13-22-26(21)32-33-27(22)28(34)29-19-10-6-17(7-11-19)8-15-25-30-23-4-2-3-5-24(23)31-25/h2-7,10-12,14,16,22,26-27,32-33H,8-9,13,15H2,1H3,(H,29,34)(H,30,31). The molecule has 7 nitrogen and oxygen atoms in total. The van der Waals surface area contributed by atoms with Crippen molar-refractivity contribution in [3.05, 3.63) is 89.2 Å². The molecule has 2 heterocycles. The van der Waals surface area contributed by atoms with E-state index in [-0.39, 0.29) is 23.9 Å². The molecule has 1 aliphatic carbocycles. The van der Waals surface area contributed by atoms with Gasteiger partial charge in [0.15, 0.2) is 0 Å². The zero-order valence-corrected chi connectivity index (χ0v) is 19.7. The molecule has 0 spiro atoms. The molecular weight excluding hydrogens is 438 g/mol. The Kier molecular flexibility index (Phi) is 5.72. The fraction of sp³-hybridized carbons (Fsp3) is 0.286. The smallest absolute Gasteiger partial charge is 0.243 e. The van der Waals surface area contributed by atoms with Crippen LogP contribution in [0.5, 0.6) is 5.75 Å². The minimum Gasteiger partial charge on any atom is -0.497 e. The summed E-state index contributed by atoms with van der Waals surface area (Å²) in [6.45, 7) is 0. The molecule has 35 heavy (non-hydrogen) atoms. The summed E-state index contributed by atoms with van der Waals surface area (Å²) in [5.74, 6) is 2.07. The number of para-hydroxylation sites is 2. The predicted octanol–water partition coefficient (Wildman–Crippen LogP) is 4.08. The van der Waals surface area contributed by atoms with Crippen LogP contribution in [-0.4, -0.2) is 29.0 Å². The van der Waals surface area contributed by atoms with E-state index in [4.69, 9.17) is 4.74 Å². The fourth-order valence-electron chi connectivity index (χ4n) is 5.40. The van der Waals surface area contributed by atoms with E-state index in [0.29, 0.717) is 0 Å². The number of methoxy groups -OCH3 is 1. The Labute approximate surface area is 204 Å². The lowest BCUT2D eigenvalue weighted by Crippen LogP contribution is -2.42. The first-order chi connectivity index (χ1) is 17.2. The number of aromatic nitrogens is 2. The van der Waals surface area contributed by atoms with Gasteiger partial charge in [0.1, 0.15) is 17.6 Å². The van der Waals surface area contributed by atoms with Crippen LogP contribution in [0.3, 0.4) is 0 Å². The number of hydrogen-bond donors (Lipinski definition) is 4. The maximum absolute atomic E-state index is 13.1. The number of benzene rings is 3. The van der Waals surface area contributed by atoms with Gasteiger partial charge in [-0.15, -0.1) is 0 Å². The van der Waals surface area contributed by atoms with Crippen LogP contribution in [0.4, 0.5) is 5.69 Å². The highest BCUT2D eigenvalue weighted by Crippen LogP contribution is 2.40. The molecular formula is C28H29N5O2. The van der Waals surface area contributed by atoms with E-state index in [9.17, 15) is 4.79 Å². The van der Waals surface area contributed by atoms with Gasteiger partial charge in [0.25, 0.3) is 0 Å². The molecule has 178 valence electrons. The number of fused-ring (bicyclic) bond motifs is 4. The van der Waals surface area contributed by atoms with Gasteiger partial charge in [0.05, 0.1) is 24.2 Å². The summed E-state index contributed by atoms with van der Waals surface area (Å²) in [6.07, 6.45) is 3.62. The molecule has 6 rings (SSSR count). The van der Waals surface area contributed by atoms with E-state index in [1.165, 1.54) is 16.7 Å². The molecule has 2 aliphatic rings. The van der Waals surface area contributed by atoms with Gasteiger partial charge in [-0.1, -0.05) is 30.3 Å². The van der Waals surface area contributed by atoms with E-state index in [2.05, 4.69) is 50.4 Å². The van der Waals surface area contributed by atoms with Crippen LogP contribution in [0.2, 0.25) is 0 Å². The van der Waals surface area contributed by atoms with Crippen molar-refractivity contribution < 1.29 is 9.53 Å². The third kappa shape index (κ3) is 4.29. The Balaban J connectivity index is 1.07. The minimum atomic E-state index is -0.275. The molecule has 0 radical (unpaired) electrons. The lowest BCUT2D eigenvalue weighted by Gasteiger charge is -2.29. The van der Waals surface area contributed by atoms with E-state index in [1.54, 1.807) is 7.11 Å². The molecule has 0 saturated carbocycles. The van der Waals surface area contributed by atoms with Gasteiger partial charge in [0.2, 0.25) is 5.91 Å². The minimum absolute atomic E-state index is 0.00279. The van der Waals surface area contributed by atoms with E-state index >= 15 is 0 Å². The number of carbonyl (C=O) groups excluding carboxylic acids is 1. The van der Waals surface area contributed by atoms with E-state index in [0.717, 1.165) is 54.0 Å². The first-order valence-corrected chi connectivity index (χ1v) is 12.2. The highest BCUT2D eigenvalue weighted by atomic mass is 16.5. The van der Waals surface area contributed by atoms with Crippen LogP contribution >= 0.6 is 0 Å². The lowest BCUT2D eigenvalue weighted by molar-refractivity contribution is -0.118. The SMILES string of the molecule is COc1ccc2c(c1)CCC1C(C(=O)Nc3ccc(CCc4nc5ccccc5[nH]4)cc3)NNC21. The van der Waals surface area contributed by atoms with Crippen molar-refractivity contribution in [2.24, 2.45) is 5.92 Å². The van der Waals surface area contributed by atoms with Crippen LogP contribution in [0.15, 0.2) is 66.7 Å². The Morgan fingerprint density at radius 2 is 1.91 bits per heavy atom. The number of H-pyrrole nitrogens is 1. The molecule has 1 aromatic heterocycles. The average molecular weight is 468 g/mol. The summed E-state index contributed by atoms with van der Waals surface area (Å²) in [6, 6.07) is 22.3. The monoisotopic (exact) mass is 467 g/mol. The van der Waals surface area contributed by atoms with Crippen molar-refractivity contribution in [1.82, 2.24) is 20.8 Å². The fourth-order valence-corrected chi connectivity index (χ4v) is 5.40. The van der Waals surface area contributed by atoms with Crippen LogP contribution in [0.25, 0.3) is 11.0 Å². The molecule has 7 heteroatoms. The summed E-state index contributed by atoms with van der Waals surface area (Å²) < 4.78 is 5.37. The number of rotatable bonds is 6. The summed E-state index contributed by atoms with van der Waals surface area (Å²) >= 11 is 0. The number of ether oxygens (including phenoxy) is 1. The summed E-state index contributed by atoms with van der Waals surface area (Å²) in [5.41, 5.74) is 13.2. The summed E-state index contributed by atoms with van der Waals surface area (Å²) in [4.78, 5) is 21.2. The number of amides is 1. The first-order valence-electron chi connectivity index (χ1n) is 12.2. The number of aromatic amines is 1. The quantitative estimate of drug-likeness (QED) is 0.343. The first kappa shape index (κ1) is 21.8. The Hall–Kier alpha value is -3.68. The number of hydrogen-bond acceptors (Lipinski definition) is 5. The van der Waals surface area contributed by atoms with Gasteiger partial charge < -0.3 is 15.0 Å². The number of nitrogens with one attached hydrogen (secondary N) is 4. The van der Waals surface area contributed by atoms with Gasteiger partial charge in [-0.25, -0.2) is 15.8 Å². The van der Waals surface area contributed by atoms with Gasteiger partial charge in [-0.05, 0) is 72.4 Å². The van der Waals surface area contributed by atoms with Crippen molar-refractivity contribution in [3.8, 4) is 5.75 Å². The second kappa shape index (κ2) is 9.17. The number of imidazole rings is 1. The second-order valence-corrected chi connectivity index (χ2v) is 9.40. The molecule has 1 aliphatic heterocycles. The number of hydrazine groups is 1. The molecule has 3 atom stereocenters. The largest absolute Gasteiger partial charge is 0.497 e. The van der Waals surface area contributed by atoms with Crippen molar-refractivity contribution in [3.63, 3.8) is 0 Å². The van der Waals surface area contributed by atoms with Gasteiger partial charge in [-0.2, -0.15) is 0 Å². The van der Waals surface area contributed by atoms with Crippen LogP contribution in [-0.2, 0) is 24.1 Å². The zero-order valence-electron chi connectivity index (χ0n) is 19.7. The third-order valence-corrected chi connectivity index (χ3v) is 7.28. The number of nitrogens with zero attached hydrogens (tertiary/aromatic N) is 1. The number of anilines is 1. The van der Waals surface area contributed by atoms with Crippen LogP contribution in [0, 0.1) is 5.92 Å². The van der Waals surface area contributed by atoms with E-state index < -0.39 is 0 Å². The summed E-state index contributed by atoms with van der Waals surface area (Å²) in [7, 11) is 1.69. The van der Waals surface area contributed by atoms with E-state index in [1.807, 2.05) is 42.5 Å². The molecule has 4 aromatic rings. The molecule has 3 unspecified atom stereocenters. The Morgan fingerprint density at radius 1 is 1.06 bits per heavy atom. The van der Waals surface area contributed by atoms with Gasteiger partial charge in [-0.3, -0.25) is 4.79 Å². The predicted molar refractivity (Wildman–Crippen MR) is 136 cm³/mol. The topological polar surface area (TPSA) is 91.1 Å². The zero-order chi connectivity index (χ0) is 23.8. The second-order valence-electron chi connectivity index (χ2n) is 9.40. The maximum atomic E-state index is 13.1. The van der Waals surface area contributed by atoms with Crippen molar-refractivity contribution in [2.75, 3.05) is 12.4 Å².